The van der Waals surface area contributed by atoms with Crippen molar-refractivity contribution in [3.63, 3.8) is 0 Å². The van der Waals surface area contributed by atoms with E-state index < -0.39 is 41.5 Å². The second kappa shape index (κ2) is 19.0. The molecule has 10 heteroatoms. The predicted molar refractivity (Wildman–Crippen MR) is 190 cm³/mol. The first-order valence-electron chi connectivity index (χ1n) is 18.5. The number of carbonyl (C=O) groups is 2. The zero-order chi connectivity index (χ0) is 36.4. The Morgan fingerprint density at radius 1 is 1.16 bits per heavy atom. The third kappa shape index (κ3) is 12.6. The Bertz CT molecular complexity index is 1140. The van der Waals surface area contributed by atoms with E-state index >= 15 is 0 Å². The zero-order valence-electron chi connectivity index (χ0n) is 31.2. The van der Waals surface area contributed by atoms with Crippen molar-refractivity contribution in [1.82, 2.24) is 5.32 Å². The number of aliphatic hydroxyl groups is 3. The molecule has 1 saturated heterocycles. The number of rotatable bonds is 13. The van der Waals surface area contributed by atoms with Gasteiger partial charge in [0.2, 0.25) is 0 Å². The van der Waals surface area contributed by atoms with Gasteiger partial charge in [-0.1, -0.05) is 70.8 Å². The lowest BCUT2D eigenvalue weighted by atomic mass is 9.86. The highest BCUT2D eigenvalue weighted by Crippen LogP contribution is 2.39. The first-order valence-corrected chi connectivity index (χ1v) is 18.5. The van der Waals surface area contributed by atoms with Crippen LogP contribution in [0.15, 0.2) is 36.0 Å². The number of hydrogen-bond donors (Lipinski definition) is 4. The Labute approximate surface area is 294 Å². The fourth-order valence-electron chi connectivity index (χ4n) is 7.53. The molecular weight excluding hydrogens is 626 g/mol. The molecule has 1 saturated carbocycles. The molecule has 8 unspecified atom stereocenters. The van der Waals surface area contributed by atoms with E-state index in [2.05, 4.69) is 19.2 Å². The highest BCUT2D eigenvalue weighted by atomic mass is 16.6. The number of ether oxygens (including phenoxy) is 4. The Kier molecular flexibility index (Phi) is 16.0. The van der Waals surface area contributed by atoms with Crippen LogP contribution in [-0.4, -0.2) is 94.8 Å². The number of methoxy groups -OCH3 is 1. The average Bonchev–Trinajstić information content (AvgIpc) is 3.85. The number of cyclic esters (lactones) is 1. The molecule has 0 radical (unpaired) electrons. The van der Waals surface area contributed by atoms with E-state index in [1.54, 1.807) is 45.3 Å². The maximum atomic E-state index is 12.9. The van der Waals surface area contributed by atoms with E-state index in [1.165, 1.54) is 45.4 Å². The van der Waals surface area contributed by atoms with E-state index in [0.717, 1.165) is 18.5 Å². The summed E-state index contributed by atoms with van der Waals surface area (Å²) in [6.45, 7) is 13.4. The molecule has 0 bridgehead atoms. The Morgan fingerprint density at radius 3 is 2.45 bits per heavy atom. The van der Waals surface area contributed by atoms with Crippen molar-refractivity contribution in [2.24, 2.45) is 17.8 Å². The zero-order valence-corrected chi connectivity index (χ0v) is 31.2. The van der Waals surface area contributed by atoms with Gasteiger partial charge < -0.3 is 39.6 Å². The molecule has 0 aromatic rings. The van der Waals surface area contributed by atoms with Crippen LogP contribution in [-0.2, 0) is 28.5 Å². The monoisotopic (exact) mass is 691 g/mol. The van der Waals surface area contributed by atoms with E-state index in [1.807, 2.05) is 19.9 Å². The number of hydrogen-bond acceptors (Lipinski definition) is 10. The van der Waals surface area contributed by atoms with Crippen molar-refractivity contribution in [2.45, 2.75) is 167 Å². The number of nitrogens with one attached hydrogen (secondary N) is 1. The van der Waals surface area contributed by atoms with Crippen molar-refractivity contribution in [1.29, 1.82) is 0 Å². The minimum absolute atomic E-state index is 0.0242. The number of epoxide rings is 1. The maximum Gasteiger partial charge on any atom is 0.309 e. The smallest absolute Gasteiger partial charge is 0.309 e. The highest BCUT2D eigenvalue weighted by Gasteiger charge is 2.54. The number of aliphatic hydroxyl groups excluding tert-OH is 1. The normalized spacial score (nSPS) is 34.8. The third-order valence-electron chi connectivity index (χ3n) is 10.8. The molecule has 2 aliphatic heterocycles. The molecule has 49 heavy (non-hydrogen) atoms. The maximum absolute atomic E-state index is 12.9. The molecule has 280 valence electrons. The van der Waals surface area contributed by atoms with Crippen LogP contribution in [0.3, 0.4) is 0 Å². The van der Waals surface area contributed by atoms with E-state index in [4.69, 9.17) is 18.9 Å². The topological polar surface area (TPSA) is 147 Å². The van der Waals surface area contributed by atoms with Gasteiger partial charge in [0.05, 0.1) is 36.4 Å². The van der Waals surface area contributed by atoms with E-state index in [-0.39, 0.29) is 55.5 Å². The molecule has 11 atom stereocenters. The number of esters is 2. The summed E-state index contributed by atoms with van der Waals surface area (Å²) in [7, 11) is 1.73. The van der Waals surface area contributed by atoms with Crippen LogP contribution in [0.4, 0.5) is 0 Å². The second-order valence-electron chi connectivity index (χ2n) is 15.3. The van der Waals surface area contributed by atoms with Gasteiger partial charge in [-0.05, 0) is 77.0 Å². The van der Waals surface area contributed by atoms with Gasteiger partial charge in [-0.15, -0.1) is 0 Å². The molecule has 4 N–H and O–H groups in total. The molecule has 10 nitrogen and oxygen atoms in total. The molecule has 0 aromatic heterocycles. The second-order valence-corrected chi connectivity index (χ2v) is 15.3. The van der Waals surface area contributed by atoms with Crippen molar-refractivity contribution < 1.29 is 43.9 Å². The largest absolute Gasteiger partial charge is 0.457 e. The summed E-state index contributed by atoms with van der Waals surface area (Å²) in [4.78, 5) is 24.7. The molecular formula is C39H65NO9. The SMILES string of the molecule is CC[C@H](OC)C(C)C1OC1C(NCC1CCCCCC1)C(C)(O)/C=C/C=C(\C)[C@H]1OC(=O)CC(O)CCC(C)(O)[C@@H](OC(C)=O)/C=C/C1C. The molecule has 0 spiro atoms. The van der Waals surface area contributed by atoms with Gasteiger partial charge in [0.15, 0.2) is 0 Å². The van der Waals surface area contributed by atoms with Crippen molar-refractivity contribution in [2.75, 3.05) is 13.7 Å². The Hall–Kier alpha value is -2.08. The van der Waals surface area contributed by atoms with Crippen molar-refractivity contribution in [3.05, 3.63) is 36.0 Å². The first kappa shape index (κ1) is 41.3. The third-order valence-corrected chi connectivity index (χ3v) is 10.8. The van der Waals surface area contributed by atoms with Crippen LogP contribution < -0.4 is 5.32 Å². The molecule has 3 rings (SSSR count). The summed E-state index contributed by atoms with van der Waals surface area (Å²) in [6.07, 6.45) is 14.4. The lowest BCUT2D eigenvalue weighted by Gasteiger charge is -2.32. The molecule has 2 heterocycles. The molecule has 0 aromatic carbocycles. The van der Waals surface area contributed by atoms with E-state index in [9.17, 15) is 24.9 Å². The summed E-state index contributed by atoms with van der Waals surface area (Å²) in [6, 6.07) is -0.337. The van der Waals surface area contributed by atoms with Crippen molar-refractivity contribution >= 4 is 11.9 Å². The fourth-order valence-corrected chi connectivity index (χ4v) is 7.53. The minimum atomic E-state index is -1.44. The van der Waals surface area contributed by atoms with Gasteiger partial charge >= 0.3 is 11.9 Å². The van der Waals surface area contributed by atoms with Crippen LogP contribution >= 0.6 is 0 Å². The standard InChI is InChI=1S/C39H65NO9/c1-9-31(46-8)27(4)35-36(49-35)37(40-24-29-16-12-10-11-13-17-29)39(7,45)21-14-15-25(2)34-26(3)18-19-32(47-28(5)41)38(6,44)22-20-30(42)23-33(43)48-34/h14-15,18-19,21,26-27,29-32,34-37,40,42,44-45H,9-13,16-17,20,22-24H2,1-8H3/b19-18+,21-14+,25-15+/t26?,27?,30?,31-,32-,34+,35?,36?,37?,38?,39?/m0/s1. The van der Waals surface area contributed by atoms with Crippen LogP contribution in [0.2, 0.25) is 0 Å². The van der Waals surface area contributed by atoms with Gasteiger partial charge in [-0.2, -0.15) is 0 Å². The van der Waals surface area contributed by atoms with Gasteiger partial charge in [0.1, 0.15) is 23.9 Å². The van der Waals surface area contributed by atoms with Crippen LogP contribution in [0.25, 0.3) is 0 Å². The lowest BCUT2D eigenvalue weighted by Crippen LogP contribution is -2.53. The van der Waals surface area contributed by atoms with Gasteiger partial charge in [-0.25, -0.2) is 0 Å². The Balaban J connectivity index is 1.84. The summed E-state index contributed by atoms with van der Waals surface area (Å²) in [5.74, 6) is -0.694. The van der Waals surface area contributed by atoms with Crippen LogP contribution in [0, 0.1) is 17.8 Å². The van der Waals surface area contributed by atoms with Crippen LogP contribution in [0.1, 0.15) is 113 Å². The summed E-state index contributed by atoms with van der Waals surface area (Å²) >= 11 is 0. The molecule has 3 aliphatic rings. The predicted octanol–water partition coefficient (Wildman–Crippen LogP) is 5.33. The van der Waals surface area contributed by atoms with Crippen LogP contribution in [0.5, 0.6) is 0 Å². The van der Waals surface area contributed by atoms with Crippen molar-refractivity contribution in [3.8, 4) is 0 Å². The molecule has 0 amide bonds. The number of allylic oxidation sites excluding steroid dienone is 2. The van der Waals surface area contributed by atoms with Gasteiger partial charge in [0, 0.05) is 25.9 Å². The molecule has 1 aliphatic carbocycles. The summed E-state index contributed by atoms with van der Waals surface area (Å²) in [5, 5.41) is 37.3. The molecule has 2 fully saturated rings. The quantitative estimate of drug-likeness (QED) is 0.0657. The highest BCUT2D eigenvalue weighted by molar-refractivity contribution is 5.70. The fraction of sp³-hybridized carbons (Fsp3) is 0.795. The average molecular weight is 692 g/mol. The summed E-state index contributed by atoms with van der Waals surface area (Å²) < 4.78 is 23.3. The minimum Gasteiger partial charge on any atom is -0.457 e. The van der Waals surface area contributed by atoms with Gasteiger partial charge in [0.25, 0.3) is 0 Å². The van der Waals surface area contributed by atoms with E-state index in [0.29, 0.717) is 5.92 Å². The van der Waals surface area contributed by atoms with Gasteiger partial charge in [-0.3, -0.25) is 9.59 Å². The Morgan fingerprint density at radius 2 is 1.84 bits per heavy atom. The first-order chi connectivity index (χ1) is 23.1. The number of carbonyl (C=O) groups excluding carboxylic acids is 2. The summed E-state index contributed by atoms with van der Waals surface area (Å²) in [5.41, 5.74) is -1.97. The lowest BCUT2D eigenvalue weighted by molar-refractivity contribution is -0.157.